The second-order valence-electron chi connectivity index (χ2n) is 4.94. The number of carbonyl (C=O) groups is 1. The zero-order valence-corrected chi connectivity index (χ0v) is 14.2. The van der Waals surface area contributed by atoms with Crippen molar-refractivity contribution in [2.75, 3.05) is 0 Å². The molecule has 0 saturated heterocycles. The predicted octanol–water partition coefficient (Wildman–Crippen LogP) is 3.74. The van der Waals surface area contributed by atoms with Gasteiger partial charge in [0.25, 0.3) is 0 Å². The van der Waals surface area contributed by atoms with Crippen molar-refractivity contribution in [3.8, 4) is 11.4 Å². The first-order valence-corrected chi connectivity index (χ1v) is 7.97. The highest BCUT2D eigenvalue weighted by Gasteiger charge is 2.14. The van der Waals surface area contributed by atoms with Crippen molar-refractivity contribution < 1.29 is 4.79 Å². The van der Waals surface area contributed by atoms with E-state index >= 15 is 0 Å². The average Bonchev–Trinajstić information content (AvgIpc) is 2.89. The van der Waals surface area contributed by atoms with Crippen molar-refractivity contribution in [1.29, 1.82) is 0 Å². The highest BCUT2D eigenvalue weighted by molar-refractivity contribution is 14.1. The molecule has 0 spiro atoms. The van der Waals surface area contributed by atoms with Gasteiger partial charge in [-0.25, -0.2) is 9.67 Å². The van der Waals surface area contributed by atoms with Gasteiger partial charge in [0.05, 0.1) is 0 Å². The molecule has 4 nitrogen and oxygen atoms in total. The van der Waals surface area contributed by atoms with Crippen LogP contribution in [0.1, 0.15) is 16.2 Å². The number of aryl methyl sites for hydroxylation is 1. The van der Waals surface area contributed by atoms with Crippen molar-refractivity contribution in [1.82, 2.24) is 14.8 Å². The Morgan fingerprint density at radius 3 is 2.45 bits per heavy atom. The Morgan fingerprint density at radius 2 is 1.77 bits per heavy atom. The molecule has 0 aliphatic rings. The maximum Gasteiger partial charge on any atom is 0.184 e. The minimum Gasteiger partial charge on any atom is -0.292 e. The van der Waals surface area contributed by atoms with E-state index in [1.165, 1.54) is 0 Å². The molecule has 0 radical (unpaired) electrons. The van der Waals surface area contributed by atoms with Crippen LogP contribution in [0.2, 0.25) is 0 Å². The molecule has 110 valence electrons. The lowest BCUT2D eigenvalue weighted by molar-refractivity contribution is 0.0968. The van der Waals surface area contributed by atoms with Gasteiger partial charge in [-0.2, -0.15) is 5.10 Å². The maximum atomic E-state index is 12.4. The number of aromatic nitrogens is 3. The maximum absolute atomic E-state index is 12.4. The number of hydrogen-bond donors (Lipinski definition) is 0. The SMILES string of the molecule is Cc1nc(-c2ccccc2)n(CC(=O)c2ccc(I)cc2)n1. The molecule has 0 amide bonds. The molecule has 0 unspecified atom stereocenters. The summed E-state index contributed by atoms with van der Waals surface area (Å²) in [6.07, 6.45) is 0. The summed E-state index contributed by atoms with van der Waals surface area (Å²) >= 11 is 2.22. The van der Waals surface area contributed by atoms with E-state index in [0.717, 1.165) is 15.0 Å². The van der Waals surface area contributed by atoms with E-state index in [1.54, 1.807) is 4.68 Å². The Hall–Kier alpha value is -2.02. The third-order valence-corrected chi connectivity index (χ3v) is 3.99. The van der Waals surface area contributed by atoms with Gasteiger partial charge in [0, 0.05) is 14.7 Å². The second kappa shape index (κ2) is 6.39. The van der Waals surface area contributed by atoms with Gasteiger partial charge in [0.1, 0.15) is 12.4 Å². The third-order valence-electron chi connectivity index (χ3n) is 3.27. The highest BCUT2D eigenvalue weighted by Crippen LogP contribution is 2.17. The summed E-state index contributed by atoms with van der Waals surface area (Å²) < 4.78 is 2.78. The first kappa shape index (κ1) is 14.9. The first-order valence-electron chi connectivity index (χ1n) is 6.89. The fraction of sp³-hybridized carbons (Fsp3) is 0.118. The Kier molecular flexibility index (Phi) is 4.33. The third kappa shape index (κ3) is 3.24. The van der Waals surface area contributed by atoms with Crippen LogP contribution in [-0.4, -0.2) is 20.5 Å². The van der Waals surface area contributed by atoms with Gasteiger partial charge < -0.3 is 0 Å². The van der Waals surface area contributed by atoms with Crippen molar-refractivity contribution in [2.45, 2.75) is 13.5 Å². The van der Waals surface area contributed by atoms with Crippen LogP contribution in [0.15, 0.2) is 54.6 Å². The second-order valence-corrected chi connectivity index (χ2v) is 6.18. The molecule has 3 rings (SSSR count). The van der Waals surface area contributed by atoms with E-state index in [1.807, 2.05) is 61.5 Å². The fourth-order valence-corrected chi connectivity index (χ4v) is 2.59. The van der Waals surface area contributed by atoms with E-state index in [9.17, 15) is 4.79 Å². The molecule has 0 saturated carbocycles. The molecule has 3 aromatic rings. The molecule has 22 heavy (non-hydrogen) atoms. The van der Waals surface area contributed by atoms with E-state index < -0.39 is 0 Å². The van der Waals surface area contributed by atoms with Crippen LogP contribution in [0.4, 0.5) is 0 Å². The average molecular weight is 403 g/mol. The van der Waals surface area contributed by atoms with Crippen LogP contribution in [0.5, 0.6) is 0 Å². The minimum atomic E-state index is 0.0264. The molecule has 0 N–H and O–H groups in total. The summed E-state index contributed by atoms with van der Waals surface area (Å²) in [4.78, 5) is 16.9. The lowest BCUT2D eigenvalue weighted by Crippen LogP contribution is -2.13. The van der Waals surface area contributed by atoms with Crippen molar-refractivity contribution in [2.24, 2.45) is 0 Å². The quantitative estimate of drug-likeness (QED) is 0.493. The van der Waals surface area contributed by atoms with Crippen molar-refractivity contribution >= 4 is 28.4 Å². The van der Waals surface area contributed by atoms with E-state index in [2.05, 4.69) is 32.7 Å². The standard InChI is InChI=1S/C17H14IN3O/c1-12-19-17(14-5-3-2-4-6-14)21(20-12)11-16(22)13-7-9-15(18)10-8-13/h2-10H,11H2,1H3. The molecule has 0 fully saturated rings. The number of nitrogens with zero attached hydrogens (tertiary/aromatic N) is 3. The van der Waals surface area contributed by atoms with E-state index in [-0.39, 0.29) is 12.3 Å². The first-order chi connectivity index (χ1) is 10.6. The van der Waals surface area contributed by atoms with Crippen LogP contribution in [-0.2, 0) is 6.54 Å². The summed E-state index contributed by atoms with van der Waals surface area (Å²) in [7, 11) is 0. The zero-order chi connectivity index (χ0) is 15.5. The van der Waals surface area contributed by atoms with Gasteiger partial charge in [-0.3, -0.25) is 4.79 Å². The summed E-state index contributed by atoms with van der Waals surface area (Å²) in [5, 5.41) is 4.35. The topological polar surface area (TPSA) is 47.8 Å². The Bertz CT molecular complexity index is 795. The molecule has 2 aromatic carbocycles. The normalized spacial score (nSPS) is 10.6. The number of halogens is 1. The number of benzene rings is 2. The summed E-state index contributed by atoms with van der Waals surface area (Å²) in [6, 6.07) is 17.3. The molecule has 0 aliphatic carbocycles. The molecular weight excluding hydrogens is 389 g/mol. The fourth-order valence-electron chi connectivity index (χ4n) is 2.23. The smallest absolute Gasteiger partial charge is 0.184 e. The molecule has 1 aromatic heterocycles. The number of Topliss-reactive ketones (excluding diaryl/α,β-unsaturated/α-hetero) is 1. The summed E-state index contributed by atoms with van der Waals surface area (Å²) in [6.45, 7) is 2.02. The zero-order valence-electron chi connectivity index (χ0n) is 12.0. The number of carbonyl (C=O) groups excluding carboxylic acids is 1. The lowest BCUT2D eigenvalue weighted by Gasteiger charge is -2.06. The summed E-state index contributed by atoms with van der Waals surface area (Å²) in [5.74, 6) is 1.41. The number of ketones is 1. The van der Waals surface area contributed by atoms with E-state index in [4.69, 9.17) is 0 Å². The molecule has 5 heteroatoms. The van der Waals surface area contributed by atoms with Crippen LogP contribution in [0.25, 0.3) is 11.4 Å². The van der Waals surface area contributed by atoms with Gasteiger partial charge >= 0.3 is 0 Å². The van der Waals surface area contributed by atoms with Crippen LogP contribution in [0, 0.1) is 10.5 Å². The Labute approximate surface area is 142 Å². The largest absolute Gasteiger partial charge is 0.292 e. The molecule has 0 bridgehead atoms. The van der Waals surface area contributed by atoms with Gasteiger partial charge in [0.15, 0.2) is 11.6 Å². The van der Waals surface area contributed by atoms with Gasteiger partial charge in [-0.1, -0.05) is 42.5 Å². The highest BCUT2D eigenvalue weighted by atomic mass is 127. The van der Waals surface area contributed by atoms with Gasteiger partial charge in [-0.15, -0.1) is 0 Å². The van der Waals surface area contributed by atoms with E-state index in [0.29, 0.717) is 11.4 Å². The van der Waals surface area contributed by atoms with Gasteiger partial charge in [0.2, 0.25) is 0 Å². The van der Waals surface area contributed by atoms with Crippen LogP contribution in [0.3, 0.4) is 0 Å². The molecular formula is C17H14IN3O. The predicted molar refractivity (Wildman–Crippen MR) is 93.7 cm³/mol. The molecule has 0 aliphatic heterocycles. The van der Waals surface area contributed by atoms with Crippen molar-refractivity contribution in [3.05, 3.63) is 69.6 Å². The van der Waals surface area contributed by atoms with Crippen LogP contribution < -0.4 is 0 Å². The monoisotopic (exact) mass is 403 g/mol. The minimum absolute atomic E-state index is 0.0264. The number of rotatable bonds is 4. The Balaban J connectivity index is 1.90. The number of hydrogen-bond acceptors (Lipinski definition) is 3. The summed E-state index contributed by atoms with van der Waals surface area (Å²) in [5.41, 5.74) is 1.64. The van der Waals surface area contributed by atoms with Crippen molar-refractivity contribution in [3.63, 3.8) is 0 Å². The molecule has 0 atom stereocenters. The van der Waals surface area contributed by atoms with Gasteiger partial charge in [-0.05, 0) is 41.6 Å². The van der Waals surface area contributed by atoms with Crippen LogP contribution >= 0.6 is 22.6 Å². The Morgan fingerprint density at radius 1 is 1.09 bits per heavy atom. The lowest BCUT2D eigenvalue weighted by atomic mass is 10.1. The molecule has 1 heterocycles.